The smallest absolute Gasteiger partial charge is 0.360 e. The van der Waals surface area contributed by atoms with Gasteiger partial charge in [0.1, 0.15) is 4.88 Å². The Labute approximate surface area is 121 Å². The van der Waals surface area contributed by atoms with Crippen molar-refractivity contribution in [3.05, 3.63) is 11.1 Å². The summed E-state index contributed by atoms with van der Waals surface area (Å²) in [6, 6.07) is 0.302. The predicted molar refractivity (Wildman–Crippen MR) is 75.0 cm³/mol. The molecule has 1 fully saturated rings. The van der Waals surface area contributed by atoms with Gasteiger partial charge in [-0.05, 0) is 32.2 Å². The van der Waals surface area contributed by atoms with Crippen molar-refractivity contribution >= 4 is 16.5 Å². The Balaban J connectivity index is 1.84. The first-order valence-corrected chi connectivity index (χ1v) is 7.69. The normalized spacial score (nSPS) is 22.8. The van der Waals surface area contributed by atoms with Crippen molar-refractivity contribution in [1.29, 1.82) is 0 Å². The average molecular weight is 307 g/mol. The van der Waals surface area contributed by atoms with Crippen LogP contribution in [0.4, 0.5) is 18.3 Å². The molecule has 0 amide bonds. The highest BCUT2D eigenvalue weighted by atomic mass is 32.1. The Morgan fingerprint density at radius 3 is 2.90 bits per heavy atom. The number of likely N-dealkylation sites (tertiary alicyclic amines) is 1. The van der Waals surface area contributed by atoms with Crippen molar-refractivity contribution < 1.29 is 13.2 Å². The summed E-state index contributed by atoms with van der Waals surface area (Å²) in [5.74, 6) is 0.697. The average Bonchev–Trinajstić information content (AvgIpc) is 2.84. The number of nitrogens with zero attached hydrogens (tertiary/aromatic N) is 2. The molecular formula is C13H20F3N3S. The van der Waals surface area contributed by atoms with Crippen molar-refractivity contribution in [1.82, 2.24) is 9.88 Å². The maximum atomic E-state index is 12.5. The molecule has 2 atom stereocenters. The van der Waals surface area contributed by atoms with Crippen LogP contribution in [0.5, 0.6) is 0 Å². The van der Waals surface area contributed by atoms with Gasteiger partial charge in [0, 0.05) is 19.1 Å². The van der Waals surface area contributed by atoms with E-state index in [4.69, 9.17) is 0 Å². The van der Waals surface area contributed by atoms with Crippen LogP contribution in [-0.4, -0.2) is 35.6 Å². The van der Waals surface area contributed by atoms with Gasteiger partial charge in [-0.2, -0.15) is 13.2 Å². The van der Waals surface area contributed by atoms with Crippen LogP contribution in [-0.2, 0) is 6.18 Å². The van der Waals surface area contributed by atoms with Gasteiger partial charge in [-0.15, -0.1) is 0 Å². The highest BCUT2D eigenvalue weighted by molar-refractivity contribution is 7.15. The second-order valence-electron chi connectivity index (χ2n) is 5.50. The lowest BCUT2D eigenvalue weighted by atomic mass is 9.99. The SMILES string of the molecule is CC1CCCN(C(C)CNc2ncc(C(F)(F)F)s2)C1. The van der Waals surface area contributed by atoms with Gasteiger partial charge >= 0.3 is 6.18 Å². The number of anilines is 1. The van der Waals surface area contributed by atoms with E-state index < -0.39 is 11.1 Å². The summed E-state index contributed by atoms with van der Waals surface area (Å²) >= 11 is 0.663. The fraction of sp³-hybridized carbons (Fsp3) is 0.769. The quantitative estimate of drug-likeness (QED) is 0.919. The molecular weight excluding hydrogens is 287 g/mol. The van der Waals surface area contributed by atoms with Gasteiger partial charge in [-0.1, -0.05) is 18.3 Å². The summed E-state index contributed by atoms with van der Waals surface area (Å²) in [5, 5.41) is 3.36. The minimum Gasteiger partial charge on any atom is -0.360 e. The third-order valence-electron chi connectivity index (χ3n) is 3.65. The molecule has 0 aromatic carbocycles. The van der Waals surface area contributed by atoms with E-state index in [-0.39, 0.29) is 0 Å². The monoisotopic (exact) mass is 307 g/mol. The number of hydrogen-bond acceptors (Lipinski definition) is 4. The van der Waals surface area contributed by atoms with Crippen LogP contribution in [0.15, 0.2) is 6.20 Å². The zero-order valence-electron chi connectivity index (χ0n) is 11.7. The minimum atomic E-state index is -4.30. The minimum absolute atomic E-state index is 0.302. The first-order chi connectivity index (χ1) is 9.36. The summed E-state index contributed by atoms with van der Waals surface area (Å²) in [6.07, 6.45) is -0.953. The van der Waals surface area contributed by atoms with Crippen molar-refractivity contribution in [3.63, 3.8) is 0 Å². The lowest BCUT2D eigenvalue weighted by Gasteiger charge is -2.35. The third kappa shape index (κ3) is 4.09. The molecule has 7 heteroatoms. The highest BCUT2D eigenvalue weighted by Gasteiger charge is 2.33. The summed E-state index contributed by atoms with van der Waals surface area (Å²) in [5.41, 5.74) is 0. The second kappa shape index (κ2) is 6.30. The number of halogens is 3. The molecule has 0 aliphatic carbocycles. The molecule has 0 saturated carbocycles. The molecule has 1 saturated heterocycles. The topological polar surface area (TPSA) is 28.2 Å². The van der Waals surface area contributed by atoms with E-state index in [1.165, 1.54) is 12.8 Å². The second-order valence-corrected chi connectivity index (χ2v) is 6.53. The number of nitrogens with one attached hydrogen (secondary N) is 1. The van der Waals surface area contributed by atoms with Crippen molar-refractivity contribution in [2.24, 2.45) is 5.92 Å². The molecule has 114 valence electrons. The standard InChI is InChI=1S/C13H20F3N3S/c1-9-4-3-5-19(8-9)10(2)6-17-12-18-7-11(20-12)13(14,15)16/h7,9-10H,3-6,8H2,1-2H3,(H,17,18). The fourth-order valence-electron chi connectivity index (χ4n) is 2.48. The van der Waals surface area contributed by atoms with E-state index in [0.717, 1.165) is 19.3 Å². The van der Waals surface area contributed by atoms with Crippen LogP contribution in [0, 0.1) is 5.92 Å². The third-order valence-corrected chi connectivity index (χ3v) is 4.65. The molecule has 1 N–H and O–H groups in total. The maximum Gasteiger partial charge on any atom is 0.427 e. The summed E-state index contributed by atoms with van der Waals surface area (Å²) < 4.78 is 37.4. The first kappa shape index (κ1) is 15.6. The molecule has 1 aliphatic heterocycles. The Kier molecular flexibility index (Phi) is 4.90. The van der Waals surface area contributed by atoms with Gasteiger partial charge in [0.05, 0.1) is 6.20 Å². The van der Waals surface area contributed by atoms with E-state index in [1.54, 1.807) is 0 Å². The number of alkyl halides is 3. The van der Waals surface area contributed by atoms with Crippen molar-refractivity contribution in [2.45, 2.75) is 38.9 Å². The molecule has 0 spiro atoms. The van der Waals surface area contributed by atoms with Crippen LogP contribution >= 0.6 is 11.3 Å². The van der Waals surface area contributed by atoms with Crippen LogP contribution in [0.25, 0.3) is 0 Å². The van der Waals surface area contributed by atoms with Gasteiger partial charge in [0.25, 0.3) is 0 Å². The predicted octanol–water partition coefficient (Wildman–Crippen LogP) is 3.69. The molecule has 0 bridgehead atoms. The molecule has 1 aromatic rings. The van der Waals surface area contributed by atoms with Crippen LogP contribution in [0.3, 0.4) is 0 Å². The molecule has 1 aromatic heterocycles. The number of rotatable bonds is 4. The van der Waals surface area contributed by atoms with E-state index in [1.807, 2.05) is 0 Å². The summed E-state index contributed by atoms with van der Waals surface area (Å²) in [4.78, 5) is 5.52. The van der Waals surface area contributed by atoms with Gasteiger partial charge in [0.2, 0.25) is 0 Å². The molecule has 2 rings (SSSR count). The lowest BCUT2D eigenvalue weighted by molar-refractivity contribution is -0.134. The molecule has 1 aliphatic rings. The first-order valence-electron chi connectivity index (χ1n) is 6.87. The Morgan fingerprint density at radius 2 is 2.30 bits per heavy atom. The van der Waals surface area contributed by atoms with Crippen LogP contribution in [0.2, 0.25) is 0 Å². The Hall–Kier alpha value is -0.820. The van der Waals surface area contributed by atoms with Gasteiger partial charge < -0.3 is 5.32 Å². The van der Waals surface area contributed by atoms with Gasteiger partial charge in [0.15, 0.2) is 5.13 Å². The molecule has 20 heavy (non-hydrogen) atoms. The number of thiazole rings is 1. The van der Waals surface area contributed by atoms with Gasteiger partial charge in [-0.3, -0.25) is 4.90 Å². The summed E-state index contributed by atoms with van der Waals surface area (Å²) in [6.45, 7) is 7.09. The zero-order valence-corrected chi connectivity index (χ0v) is 12.5. The van der Waals surface area contributed by atoms with E-state index in [9.17, 15) is 13.2 Å². The zero-order chi connectivity index (χ0) is 14.8. The van der Waals surface area contributed by atoms with Crippen molar-refractivity contribution in [3.8, 4) is 0 Å². The Bertz CT molecular complexity index is 433. The number of hydrogen-bond donors (Lipinski definition) is 1. The molecule has 2 unspecified atom stereocenters. The van der Waals surface area contributed by atoms with Crippen molar-refractivity contribution in [2.75, 3.05) is 25.0 Å². The van der Waals surface area contributed by atoms with E-state index in [0.29, 0.717) is 35.0 Å². The molecule has 0 radical (unpaired) electrons. The lowest BCUT2D eigenvalue weighted by Crippen LogP contribution is -2.43. The van der Waals surface area contributed by atoms with Crippen LogP contribution in [0.1, 0.15) is 31.6 Å². The summed E-state index contributed by atoms with van der Waals surface area (Å²) in [7, 11) is 0. The Morgan fingerprint density at radius 1 is 1.55 bits per heavy atom. The maximum absolute atomic E-state index is 12.5. The number of piperidine rings is 1. The fourth-order valence-corrected chi connectivity index (χ4v) is 3.17. The highest BCUT2D eigenvalue weighted by Crippen LogP contribution is 2.35. The molecule has 3 nitrogen and oxygen atoms in total. The molecule has 2 heterocycles. The van der Waals surface area contributed by atoms with E-state index in [2.05, 4.69) is 29.0 Å². The van der Waals surface area contributed by atoms with E-state index >= 15 is 0 Å². The van der Waals surface area contributed by atoms with Gasteiger partial charge in [-0.25, -0.2) is 4.98 Å². The van der Waals surface area contributed by atoms with Crippen LogP contribution < -0.4 is 5.32 Å². The number of aromatic nitrogens is 1. The largest absolute Gasteiger partial charge is 0.427 e.